The number of hydrogen-bond donors (Lipinski definition) is 2. The lowest BCUT2D eigenvalue weighted by Crippen LogP contribution is -2.17. The normalized spacial score (nSPS) is 11.5. The summed E-state index contributed by atoms with van der Waals surface area (Å²) in [7, 11) is -4.67. The number of primary sulfonamides is 1. The van der Waals surface area contributed by atoms with Gasteiger partial charge in [-0.2, -0.15) is 0 Å². The van der Waals surface area contributed by atoms with E-state index in [2.05, 4.69) is 5.14 Å². The van der Waals surface area contributed by atoms with E-state index in [1.165, 1.54) is 0 Å². The molecule has 0 radical (unpaired) electrons. The number of carboxylic acids is 1. The number of sulfonamides is 1. The second kappa shape index (κ2) is 3.76. The highest BCUT2D eigenvalue weighted by molar-refractivity contribution is 7.89. The van der Waals surface area contributed by atoms with Crippen LogP contribution in [-0.4, -0.2) is 19.5 Å². The largest absolute Gasteiger partial charge is 0.478 e. The highest BCUT2D eigenvalue weighted by Crippen LogP contribution is 2.22. The predicted molar refractivity (Wildman–Crippen MR) is 44.6 cm³/mol. The summed E-state index contributed by atoms with van der Waals surface area (Å²) in [6.07, 6.45) is 0. The highest BCUT2D eigenvalue weighted by atomic mass is 32.2. The monoisotopic (exact) mass is 255 g/mol. The molecule has 3 N–H and O–H groups in total. The molecule has 5 nitrogen and oxygen atoms in total. The fourth-order valence-corrected chi connectivity index (χ4v) is 1.56. The second-order valence-corrected chi connectivity index (χ2v) is 4.24. The Morgan fingerprint density at radius 3 is 2.06 bits per heavy atom. The number of benzene rings is 1. The van der Waals surface area contributed by atoms with Crippen LogP contribution in [0.2, 0.25) is 0 Å². The molecule has 0 amide bonds. The van der Waals surface area contributed by atoms with Crippen molar-refractivity contribution < 1.29 is 31.5 Å². The maximum atomic E-state index is 12.9. The van der Waals surface area contributed by atoms with Crippen molar-refractivity contribution in [2.24, 2.45) is 5.14 Å². The Labute approximate surface area is 87.3 Å². The minimum atomic E-state index is -4.67. The number of aromatic carboxylic acids is 1. The van der Waals surface area contributed by atoms with E-state index in [1.54, 1.807) is 0 Å². The molecule has 0 fully saturated rings. The van der Waals surface area contributed by atoms with Crippen LogP contribution in [-0.2, 0) is 10.0 Å². The van der Waals surface area contributed by atoms with Crippen LogP contribution in [0.4, 0.5) is 13.2 Å². The summed E-state index contributed by atoms with van der Waals surface area (Å²) in [5.41, 5.74) is -1.32. The van der Waals surface area contributed by atoms with E-state index in [-0.39, 0.29) is 6.07 Å². The lowest BCUT2D eigenvalue weighted by molar-refractivity contribution is 0.0690. The minimum absolute atomic E-state index is 0.116. The van der Waals surface area contributed by atoms with Gasteiger partial charge < -0.3 is 5.11 Å². The van der Waals surface area contributed by atoms with Gasteiger partial charge in [0.2, 0.25) is 10.0 Å². The molecule has 0 bridgehead atoms. The van der Waals surface area contributed by atoms with Crippen molar-refractivity contribution in [1.29, 1.82) is 0 Å². The van der Waals surface area contributed by atoms with Gasteiger partial charge in [-0.05, 0) is 6.07 Å². The fourth-order valence-electron chi connectivity index (χ4n) is 0.943. The van der Waals surface area contributed by atoms with Gasteiger partial charge in [0.15, 0.2) is 17.5 Å². The predicted octanol–water partition coefficient (Wildman–Crippen LogP) is 0.450. The lowest BCUT2D eigenvalue weighted by Gasteiger charge is -2.05. The molecule has 16 heavy (non-hydrogen) atoms. The van der Waals surface area contributed by atoms with Gasteiger partial charge >= 0.3 is 5.97 Å². The molecule has 0 saturated heterocycles. The number of nitrogens with two attached hydrogens (primary N) is 1. The van der Waals surface area contributed by atoms with Crippen LogP contribution in [0.1, 0.15) is 10.4 Å². The van der Waals surface area contributed by atoms with Crippen LogP contribution in [0.3, 0.4) is 0 Å². The average Bonchev–Trinajstić information content (AvgIpc) is 2.11. The molecule has 0 unspecified atom stereocenters. The van der Waals surface area contributed by atoms with Crippen molar-refractivity contribution in [3.05, 3.63) is 29.1 Å². The number of carboxylic acid groups (broad SMARTS) is 1. The Hall–Kier alpha value is -1.61. The van der Waals surface area contributed by atoms with E-state index < -0.39 is 43.9 Å². The van der Waals surface area contributed by atoms with E-state index in [0.29, 0.717) is 0 Å². The van der Waals surface area contributed by atoms with E-state index in [4.69, 9.17) is 5.11 Å². The average molecular weight is 255 g/mol. The quantitative estimate of drug-likeness (QED) is 0.749. The van der Waals surface area contributed by atoms with Crippen LogP contribution in [0.5, 0.6) is 0 Å². The first kappa shape index (κ1) is 12.5. The van der Waals surface area contributed by atoms with Crippen LogP contribution >= 0.6 is 0 Å². The fraction of sp³-hybridized carbons (Fsp3) is 0. The summed E-state index contributed by atoms with van der Waals surface area (Å²) in [4.78, 5) is 8.99. The Balaban J connectivity index is 3.74. The van der Waals surface area contributed by atoms with Gasteiger partial charge in [0.25, 0.3) is 0 Å². The molecule has 0 spiro atoms. The molecule has 1 rings (SSSR count). The highest BCUT2D eigenvalue weighted by Gasteiger charge is 2.27. The van der Waals surface area contributed by atoms with Gasteiger partial charge in [-0.25, -0.2) is 31.5 Å². The van der Waals surface area contributed by atoms with Crippen molar-refractivity contribution in [3.8, 4) is 0 Å². The first-order chi connectivity index (χ1) is 7.16. The summed E-state index contributed by atoms with van der Waals surface area (Å²) >= 11 is 0. The van der Waals surface area contributed by atoms with E-state index in [1.807, 2.05) is 0 Å². The Morgan fingerprint density at radius 2 is 1.69 bits per heavy atom. The summed E-state index contributed by atoms with van der Waals surface area (Å²) < 4.78 is 60.1. The van der Waals surface area contributed by atoms with Gasteiger partial charge in [0.05, 0.1) is 5.56 Å². The zero-order chi connectivity index (χ0) is 12.7. The van der Waals surface area contributed by atoms with E-state index >= 15 is 0 Å². The molecule has 0 saturated carbocycles. The van der Waals surface area contributed by atoms with Crippen LogP contribution < -0.4 is 5.14 Å². The Kier molecular flexibility index (Phi) is 2.93. The molecule has 0 aliphatic heterocycles. The van der Waals surface area contributed by atoms with Gasteiger partial charge in [-0.15, -0.1) is 0 Å². The smallest absolute Gasteiger partial charge is 0.338 e. The molecule has 88 valence electrons. The topological polar surface area (TPSA) is 97.5 Å². The lowest BCUT2D eigenvalue weighted by atomic mass is 10.2. The summed E-state index contributed by atoms with van der Waals surface area (Å²) in [6.45, 7) is 0. The molecule has 1 aromatic carbocycles. The molecule has 0 aliphatic rings. The zero-order valence-corrected chi connectivity index (χ0v) is 8.19. The maximum Gasteiger partial charge on any atom is 0.338 e. The minimum Gasteiger partial charge on any atom is -0.478 e. The number of rotatable bonds is 2. The maximum absolute atomic E-state index is 12.9. The number of hydrogen-bond acceptors (Lipinski definition) is 3. The van der Waals surface area contributed by atoms with Gasteiger partial charge in [0.1, 0.15) is 4.90 Å². The van der Waals surface area contributed by atoms with Crippen LogP contribution in [0, 0.1) is 17.5 Å². The van der Waals surface area contributed by atoms with Crippen molar-refractivity contribution in [2.45, 2.75) is 4.90 Å². The van der Waals surface area contributed by atoms with Gasteiger partial charge in [0, 0.05) is 0 Å². The molecular formula is C7H4F3NO4S. The van der Waals surface area contributed by atoms with E-state index in [0.717, 1.165) is 0 Å². The van der Waals surface area contributed by atoms with Crippen molar-refractivity contribution >= 4 is 16.0 Å². The molecule has 9 heteroatoms. The molecule has 0 heterocycles. The SMILES string of the molecule is NS(=O)(=O)c1cc(C(=O)O)c(F)c(F)c1F. The number of halogens is 3. The first-order valence-electron chi connectivity index (χ1n) is 3.60. The first-order valence-corrected chi connectivity index (χ1v) is 5.14. The van der Waals surface area contributed by atoms with Gasteiger partial charge in [-0.3, -0.25) is 0 Å². The summed E-state index contributed by atoms with van der Waals surface area (Å²) in [5, 5.41) is 12.9. The van der Waals surface area contributed by atoms with Crippen molar-refractivity contribution in [2.75, 3.05) is 0 Å². The summed E-state index contributed by atoms with van der Waals surface area (Å²) in [6, 6.07) is 0.116. The molecule has 0 aliphatic carbocycles. The van der Waals surface area contributed by atoms with Crippen LogP contribution in [0.25, 0.3) is 0 Å². The molecule has 0 aromatic heterocycles. The third-order valence-electron chi connectivity index (χ3n) is 1.65. The van der Waals surface area contributed by atoms with Crippen molar-refractivity contribution in [3.63, 3.8) is 0 Å². The summed E-state index contributed by atoms with van der Waals surface area (Å²) in [5.74, 6) is -8.19. The Bertz CT molecular complexity index is 569. The third kappa shape index (κ3) is 1.99. The van der Waals surface area contributed by atoms with Crippen molar-refractivity contribution in [1.82, 2.24) is 0 Å². The third-order valence-corrected chi connectivity index (χ3v) is 2.56. The molecule has 0 atom stereocenters. The zero-order valence-electron chi connectivity index (χ0n) is 7.37. The van der Waals surface area contributed by atoms with E-state index in [9.17, 15) is 26.4 Å². The Morgan fingerprint density at radius 1 is 1.19 bits per heavy atom. The van der Waals surface area contributed by atoms with Crippen LogP contribution in [0.15, 0.2) is 11.0 Å². The number of carbonyl (C=O) groups is 1. The van der Waals surface area contributed by atoms with Gasteiger partial charge in [-0.1, -0.05) is 0 Å². The standard InChI is InChI=1S/C7H4F3NO4S/c8-4-2(7(12)13)1-3(16(11,14)15)5(9)6(4)10/h1H,(H,12,13)(H2,11,14,15). The molecular weight excluding hydrogens is 251 g/mol. The molecule has 1 aromatic rings. The second-order valence-electron chi connectivity index (χ2n) is 2.71.